The summed E-state index contributed by atoms with van der Waals surface area (Å²) >= 11 is 6.25. The lowest BCUT2D eigenvalue weighted by Gasteiger charge is -2.65. The Hall–Kier alpha value is -5.39. The summed E-state index contributed by atoms with van der Waals surface area (Å²) in [5, 5.41) is 17.5. The molecule has 14 nitrogen and oxygen atoms in total. The van der Waals surface area contributed by atoms with Gasteiger partial charge in [0, 0.05) is 56.0 Å². The first-order valence-electron chi connectivity index (χ1n) is 17.5. The van der Waals surface area contributed by atoms with Gasteiger partial charge < -0.3 is 15.4 Å². The molecule has 1 atom stereocenters. The van der Waals surface area contributed by atoms with Crippen LogP contribution in [0.25, 0.3) is 0 Å². The number of hydrogen-bond acceptors (Lipinski definition) is 11. The summed E-state index contributed by atoms with van der Waals surface area (Å²) in [6, 6.07) is 13.6. The second kappa shape index (κ2) is 13.2. The van der Waals surface area contributed by atoms with Crippen LogP contribution in [0.4, 0.5) is 5.82 Å². The Morgan fingerprint density at radius 1 is 0.925 bits per heavy atom. The van der Waals surface area contributed by atoms with Gasteiger partial charge in [0.2, 0.25) is 5.91 Å². The number of aromatic nitrogens is 2. The lowest BCUT2D eigenvalue weighted by molar-refractivity contribution is -0.216. The van der Waals surface area contributed by atoms with Crippen LogP contribution in [0.2, 0.25) is 5.02 Å². The lowest BCUT2D eigenvalue weighted by Crippen LogP contribution is -2.77. The molecule has 0 radical (unpaired) electrons. The van der Waals surface area contributed by atoms with Gasteiger partial charge in [-0.05, 0) is 48.4 Å². The molecule has 2 saturated heterocycles. The number of amides is 5. The highest BCUT2D eigenvalue weighted by Gasteiger charge is 2.68. The minimum atomic E-state index is -1.12. The Kier molecular flexibility index (Phi) is 8.98. The summed E-state index contributed by atoms with van der Waals surface area (Å²) in [6.07, 6.45) is -0.389. The summed E-state index contributed by atoms with van der Waals surface area (Å²) < 4.78 is 6.37. The summed E-state index contributed by atoms with van der Waals surface area (Å²) in [4.78, 5) is 73.4. The number of piperazine rings is 1. The van der Waals surface area contributed by atoms with Crippen molar-refractivity contribution >= 4 is 47.0 Å². The molecule has 4 heterocycles. The van der Waals surface area contributed by atoms with Crippen molar-refractivity contribution in [2.75, 3.05) is 31.1 Å². The fraction of sp³-hybridized carbons (Fsp3) is 0.421. The molecule has 3 aromatic rings. The van der Waals surface area contributed by atoms with Gasteiger partial charge in [-0.15, -0.1) is 10.2 Å². The number of carbonyl (C=O) groups is 5. The number of imide groups is 2. The zero-order chi connectivity index (χ0) is 38.0. The van der Waals surface area contributed by atoms with Crippen molar-refractivity contribution in [1.29, 1.82) is 5.26 Å². The van der Waals surface area contributed by atoms with Crippen LogP contribution in [0.3, 0.4) is 0 Å². The molecule has 15 heteroatoms. The van der Waals surface area contributed by atoms with E-state index >= 15 is 0 Å². The molecular weight excluding hydrogens is 700 g/mol. The number of piperidine rings is 1. The Labute approximate surface area is 311 Å². The molecule has 7 rings (SSSR count). The molecule has 1 saturated carbocycles. The SMILES string of the molecule is CC1(C)C(Oc2ccc(C#N)c(Cl)c2)C(C)(C)C1N1C(=O)CCC(N2C(=O)c3ccc(CN4CCN(c5ccc(C(N)=O)nn5)CC4)cc3C2=O)C1=O. The third-order valence-electron chi connectivity index (χ3n) is 11.1. The van der Waals surface area contributed by atoms with Gasteiger partial charge in [0.15, 0.2) is 11.5 Å². The van der Waals surface area contributed by atoms with Gasteiger partial charge in [0.1, 0.15) is 24.0 Å². The molecule has 5 amide bonds. The first-order chi connectivity index (χ1) is 25.1. The van der Waals surface area contributed by atoms with E-state index in [-0.39, 0.29) is 40.6 Å². The molecule has 3 aliphatic heterocycles. The van der Waals surface area contributed by atoms with E-state index in [0.29, 0.717) is 49.9 Å². The predicted molar refractivity (Wildman–Crippen MR) is 192 cm³/mol. The van der Waals surface area contributed by atoms with Gasteiger partial charge in [0.25, 0.3) is 23.6 Å². The number of primary amides is 1. The average molecular weight is 739 g/mol. The fourth-order valence-corrected chi connectivity index (χ4v) is 9.09. The highest BCUT2D eigenvalue weighted by atomic mass is 35.5. The Bertz CT molecular complexity index is 2070. The van der Waals surface area contributed by atoms with Gasteiger partial charge in [-0.3, -0.25) is 38.7 Å². The third-order valence-corrected chi connectivity index (χ3v) is 11.4. The van der Waals surface area contributed by atoms with Crippen LogP contribution < -0.4 is 15.4 Å². The molecule has 3 fully saturated rings. The number of ether oxygens (including phenoxy) is 1. The minimum absolute atomic E-state index is 0.00131. The number of nitriles is 1. The lowest BCUT2D eigenvalue weighted by atomic mass is 9.48. The van der Waals surface area contributed by atoms with Crippen LogP contribution in [0.5, 0.6) is 5.75 Å². The maximum Gasteiger partial charge on any atom is 0.269 e. The number of fused-ring (bicyclic) bond motifs is 1. The van der Waals surface area contributed by atoms with Crippen LogP contribution >= 0.6 is 11.6 Å². The van der Waals surface area contributed by atoms with Crippen molar-refractivity contribution in [3.8, 4) is 11.8 Å². The molecule has 1 aliphatic carbocycles. The van der Waals surface area contributed by atoms with Gasteiger partial charge in [-0.1, -0.05) is 45.4 Å². The molecule has 4 aliphatic rings. The molecule has 2 aromatic carbocycles. The third kappa shape index (κ3) is 6.07. The van der Waals surface area contributed by atoms with E-state index in [1.807, 2.05) is 39.8 Å². The highest BCUT2D eigenvalue weighted by molar-refractivity contribution is 6.31. The quantitative estimate of drug-likeness (QED) is 0.334. The Balaban J connectivity index is 1.03. The molecule has 2 N–H and O–H groups in total. The average Bonchev–Trinajstić information content (AvgIpc) is 3.37. The van der Waals surface area contributed by atoms with E-state index in [1.54, 1.807) is 42.5 Å². The van der Waals surface area contributed by atoms with Crippen molar-refractivity contribution in [1.82, 2.24) is 24.9 Å². The number of hydrogen-bond donors (Lipinski definition) is 1. The van der Waals surface area contributed by atoms with Crippen molar-refractivity contribution in [3.63, 3.8) is 0 Å². The van der Waals surface area contributed by atoms with Gasteiger partial charge in [-0.2, -0.15) is 5.26 Å². The first kappa shape index (κ1) is 36.0. The summed E-state index contributed by atoms with van der Waals surface area (Å²) in [5.74, 6) is -1.55. The standard InChI is InChI=1S/C38H39ClN8O6/c1-37(2)35(38(3,4)36(37)53-23-7-6-22(19-40)26(39)18-23)47-30(48)12-10-28(34(47)52)46-32(50)24-8-5-21(17-25(24)33(46)51)20-44-13-15-45(16-14-44)29-11-9-27(31(41)49)42-43-29/h5-9,11,17-18,28,35-36H,10,12-16,20H2,1-4H3,(H2,41,49). The number of nitrogens with two attached hydrogens (primary N) is 1. The maximum atomic E-state index is 14.3. The second-order valence-electron chi connectivity index (χ2n) is 15.2. The van der Waals surface area contributed by atoms with Crippen molar-refractivity contribution in [2.24, 2.45) is 16.6 Å². The van der Waals surface area contributed by atoms with E-state index in [4.69, 9.17) is 22.1 Å². The van der Waals surface area contributed by atoms with E-state index in [1.165, 1.54) is 4.90 Å². The first-order valence-corrected chi connectivity index (χ1v) is 17.8. The van der Waals surface area contributed by atoms with Crippen LogP contribution in [0.1, 0.15) is 82.9 Å². The molecule has 0 spiro atoms. The van der Waals surface area contributed by atoms with Crippen molar-refractivity contribution in [2.45, 2.75) is 65.3 Å². The number of halogens is 1. The van der Waals surface area contributed by atoms with Crippen LogP contribution in [0, 0.1) is 22.2 Å². The number of rotatable bonds is 8. The Morgan fingerprint density at radius 2 is 1.62 bits per heavy atom. The molecule has 1 aromatic heterocycles. The van der Waals surface area contributed by atoms with Gasteiger partial charge >= 0.3 is 0 Å². The molecule has 274 valence electrons. The van der Waals surface area contributed by atoms with E-state index in [0.717, 1.165) is 10.5 Å². The van der Waals surface area contributed by atoms with Crippen LogP contribution in [-0.4, -0.2) is 98.8 Å². The smallest absolute Gasteiger partial charge is 0.269 e. The Morgan fingerprint density at radius 3 is 2.25 bits per heavy atom. The highest BCUT2D eigenvalue weighted by Crippen LogP contribution is 2.58. The predicted octanol–water partition coefficient (Wildman–Crippen LogP) is 3.42. The molecule has 1 unspecified atom stereocenters. The zero-order valence-corrected chi connectivity index (χ0v) is 30.6. The van der Waals surface area contributed by atoms with E-state index < -0.39 is 52.6 Å². The molecule has 53 heavy (non-hydrogen) atoms. The summed E-state index contributed by atoms with van der Waals surface area (Å²) in [6.45, 7) is 11.0. The largest absolute Gasteiger partial charge is 0.489 e. The number of nitrogens with zero attached hydrogens (tertiary/aromatic N) is 7. The maximum absolute atomic E-state index is 14.3. The summed E-state index contributed by atoms with van der Waals surface area (Å²) in [5.41, 5.74) is 5.61. The monoisotopic (exact) mass is 738 g/mol. The molecule has 0 bridgehead atoms. The van der Waals surface area contributed by atoms with Crippen LogP contribution in [0.15, 0.2) is 48.5 Å². The van der Waals surface area contributed by atoms with Crippen molar-refractivity contribution < 1.29 is 28.7 Å². The topological polar surface area (TPSA) is 183 Å². The number of carbonyl (C=O) groups excluding carboxylic acids is 5. The minimum Gasteiger partial charge on any atom is -0.489 e. The number of anilines is 1. The summed E-state index contributed by atoms with van der Waals surface area (Å²) in [7, 11) is 0. The number of benzene rings is 2. The van der Waals surface area contributed by atoms with Crippen molar-refractivity contribution in [3.05, 3.63) is 81.5 Å². The van der Waals surface area contributed by atoms with E-state index in [2.05, 4.69) is 20.0 Å². The zero-order valence-electron chi connectivity index (χ0n) is 29.8. The fourth-order valence-electron chi connectivity index (χ4n) is 8.88. The molecular formula is C38H39ClN8O6. The second-order valence-corrected chi connectivity index (χ2v) is 15.6. The normalized spacial score (nSPS) is 23.8. The van der Waals surface area contributed by atoms with Gasteiger partial charge in [-0.25, -0.2) is 0 Å². The van der Waals surface area contributed by atoms with Gasteiger partial charge in [0.05, 0.1) is 27.8 Å². The number of likely N-dealkylation sites (tertiary alicyclic amines) is 1. The van der Waals surface area contributed by atoms with Crippen LogP contribution in [-0.2, 0) is 16.1 Å². The van der Waals surface area contributed by atoms with E-state index in [9.17, 15) is 29.2 Å².